The molecule has 1 heterocycles. The van der Waals surface area contributed by atoms with Crippen molar-refractivity contribution in [2.45, 2.75) is 50.5 Å². The van der Waals surface area contributed by atoms with Crippen LogP contribution in [-0.2, 0) is 0 Å². The zero-order valence-corrected chi connectivity index (χ0v) is 7.86. The molecule has 0 aromatic rings. The van der Waals surface area contributed by atoms with Crippen LogP contribution in [0.4, 0.5) is 8.78 Å². The molecule has 3 heteroatoms. The summed E-state index contributed by atoms with van der Waals surface area (Å²) in [7, 11) is 0. The Morgan fingerprint density at radius 2 is 1.92 bits per heavy atom. The second-order valence-electron chi connectivity index (χ2n) is 4.39. The Morgan fingerprint density at radius 1 is 1.15 bits per heavy atom. The fourth-order valence-electron chi connectivity index (χ4n) is 2.26. The summed E-state index contributed by atoms with van der Waals surface area (Å²) in [4.78, 5) is 0. The summed E-state index contributed by atoms with van der Waals surface area (Å²) in [5.41, 5.74) is 0. The van der Waals surface area contributed by atoms with Crippen LogP contribution in [0.15, 0.2) is 0 Å². The molecule has 1 saturated carbocycles. The maximum absolute atomic E-state index is 13.5. The van der Waals surface area contributed by atoms with E-state index < -0.39 is 5.92 Å². The van der Waals surface area contributed by atoms with Crippen molar-refractivity contribution in [3.05, 3.63) is 0 Å². The Hall–Kier alpha value is -0.180. The van der Waals surface area contributed by atoms with E-state index in [1.807, 2.05) is 0 Å². The molecule has 1 atom stereocenters. The molecule has 1 nitrogen and oxygen atoms in total. The molecule has 2 fully saturated rings. The lowest BCUT2D eigenvalue weighted by molar-refractivity contribution is -0.0981. The average Bonchev–Trinajstić information content (AvgIpc) is 2.32. The summed E-state index contributed by atoms with van der Waals surface area (Å²) < 4.78 is 27.0. The summed E-state index contributed by atoms with van der Waals surface area (Å²) in [5.74, 6) is -2.71. The van der Waals surface area contributed by atoms with E-state index >= 15 is 0 Å². The van der Waals surface area contributed by atoms with Gasteiger partial charge < -0.3 is 5.32 Å². The Morgan fingerprint density at radius 3 is 2.38 bits per heavy atom. The lowest BCUT2D eigenvalue weighted by Crippen LogP contribution is -2.39. The van der Waals surface area contributed by atoms with E-state index in [4.69, 9.17) is 0 Å². The van der Waals surface area contributed by atoms with Gasteiger partial charge in [0, 0.05) is 18.4 Å². The largest absolute Gasteiger partial charge is 0.314 e. The van der Waals surface area contributed by atoms with Crippen LogP contribution in [-0.4, -0.2) is 18.5 Å². The molecular weight excluding hydrogens is 172 g/mol. The first kappa shape index (κ1) is 9.38. The molecule has 0 amide bonds. The van der Waals surface area contributed by atoms with Crippen LogP contribution in [0.1, 0.15) is 38.5 Å². The third-order valence-electron chi connectivity index (χ3n) is 3.38. The maximum atomic E-state index is 13.5. The smallest absolute Gasteiger partial charge is 0.252 e. The summed E-state index contributed by atoms with van der Waals surface area (Å²) >= 11 is 0. The Balaban J connectivity index is 1.83. The zero-order chi connectivity index (χ0) is 9.31. The van der Waals surface area contributed by atoms with E-state index in [1.165, 1.54) is 0 Å². The monoisotopic (exact) mass is 189 g/mol. The lowest BCUT2D eigenvalue weighted by Gasteiger charge is -2.34. The molecule has 0 aromatic carbocycles. The number of hydrogen-bond donors (Lipinski definition) is 1. The lowest BCUT2D eigenvalue weighted by atomic mass is 9.78. The van der Waals surface area contributed by atoms with Crippen LogP contribution in [0.2, 0.25) is 0 Å². The molecule has 2 rings (SSSR count). The van der Waals surface area contributed by atoms with E-state index in [0.717, 1.165) is 38.6 Å². The highest BCUT2D eigenvalue weighted by atomic mass is 19.3. The normalized spacial score (nSPS) is 30.5. The minimum atomic E-state index is -2.40. The van der Waals surface area contributed by atoms with Crippen molar-refractivity contribution in [3.63, 3.8) is 0 Å². The molecule has 1 saturated heterocycles. The number of rotatable bonds is 3. The third kappa shape index (κ3) is 2.01. The van der Waals surface area contributed by atoms with Crippen LogP contribution in [0.5, 0.6) is 0 Å². The molecule has 1 N–H and O–H groups in total. The minimum Gasteiger partial charge on any atom is -0.314 e. The first-order chi connectivity index (χ1) is 6.18. The van der Waals surface area contributed by atoms with Gasteiger partial charge in [0.15, 0.2) is 0 Å². The topological polar surface area (TPSA) is 12.0 Å². The van der Waals surface area contributed by atoms with Gasteiger partial charge in [0.05, 0.1) is 0 Å². The highest BCUT2D eigenvalue weighted by Gasteiger charge is 2.44. The van der Waals surface area contributed by atoms with E-state index in [9.17, 15) is 8.78 Å². The summed E-state index contributed by atoms with van der Waals surface area (Å²) in [5, 5.41) is 3.14. The van der Waals surface area contributed by atoms with Crippen molar-refractivity contribution in [2.24, 2.45) is 5.92 Å². The molecule has 2 aliphatic rings. The second kappa shape index (κ2) is 3.52. The molecule has 1 aliphatic carbocycles. The molecule has 13 heavy (non-hydrogen) atoms. The van der Waals surface area contributed by atoms with Crippen molar-refractivity contribution in [1.82, 2.24) is 5.32 Å². The van der Waals surface area contributed by atoms with Crippen LogP contribution >= 0.6 is 0 Å². The Labute approximate surface area is 77.9 Å². The van der Waals surface area contributed by atoms with Gasteiger partial charge in [-0.1, -0.05) is 6.42 Å². The van der Waals surface area contributed by atoms with E-state index in [2.05, 4.69) is 5.32 Å². The van der Waals surface area contributed by atoms with Gasteiger partial charge in [0.2, 0.25) is 0 Å². The van der Waals surface area contributed by atoms with E-state index in [0.29, 0.717) is 0 Å². The van der Waals surface area contributed by atoms with Gasteiger partial charge in [-0.3, -0.25) is 0 Å². The quantitative estimate of drug-likeness (QED) is 0.719. The molecule has 0 radical (unpaired) electrons. The maximum Gasteiger partial charge on any atom is 0.252 e. The summed E-state index contributed by atoms with van der Waals surface area (Å²) in [6, 6.07) is 0.0793. The van der Waals surface area contributed by atoms with Gasteiger partial charge in [-0.2, -0.15) is 0 Å². The molecule has 1 aliphatic heterocycles. The summed E-state index contributed by atoms with van der Waals surface area (Å²) in [6.07, 6.45) is 4.53. The molecule has 0 aromatic heterocycles. The van der Waals surface area contributed by atoms with Crippen molar-refractivity contribution in [2.75, 3.05) is 6.54 Å². The summed E-state index contributed by atoms with van der Waals surface area (Å²) in [6.45, 7) is 0.922. The third-order valence-corrected chi connectivity index (χ3v) is 3.38. The minimum absolute atomic E-state index is 0.0671. The van der Waals surface area contributed by atoms with Crippen LogP contribution in [0.25, 0.3) is 0 Å². The number of alkyl halides is 2. The highest BCUT2D eigenvalue weighted by Crippen LogP contribution is 2.43. The Kier molecular flexibility index (Phi) is 2.54. The average molecular weight is 189 g/mol. The fourth-order valence-corrected chi connectivity index (χ4v) is 2.26. The molecule has 1 unspecified atom stereocenters. The van der Waals surface area contributed by atoms with Gasteiger partial charge in [0.1, 0.15) is 0 Å². The van der Waals surface area contributed by atoms with E-state index in [1.54, 1.807) is 0 Å². The van der Waals surface area contributed by atoms with Gasteiger partial charge in [-0.05, 0) is 32.2 Å². The highest BCUT2D eigenvalue weighted by molar-refractivity contribution is 4.88. The van der Waals surface area contributed by atoms with Crippen LogP contribution < -0.4 is 5.32 Å². The number of hydrogen-bond acceptors (Lipinski definition) is 1. The second-order valence-corrected chi connectivity index (χ2v) is 4.39. The Bertz CT molecular complexity index is 172. The molecule has 0 spiro atoms. The predicted molar refractivity (Wildman–Crippen MR) is 47.9 cm³/mol. The fraction of sp³-hybridized carbons (Fsp3) is 1.00. The van der Waals surface area contributed by atoms with Crippen molar-refractivity contribution < 1.29 is 8.78 Å². The van der Waals surface area contributed by atoms with Gasteiger partial charge in [-0.25, -0.2) is 8.78 Å². The van der Waals surface area contributed by atoms with Crippen LogP contribution in [0.3, 0.4) is 0 Å². The standard InChI is InChI=1S/C10H17F2N/c11-10(12,8-3-1-4-8)7-9-5-2-6-13-9/h8-9,13H,1-7H2. The first-order valence-electron chi connectivity index (χ1n) is 5.30. The molecule has 76 valence electrons. The predicted octanol–water partition coefficient (Wildman–Crippen LogP) is 2.56. The first-order valence-corrected chi connectivity index (χ1v) is 5.30. The SMILES string of the molecule is FC(F)(CC1CCCN1)C1CCC1. The number of nitrogens with one attached hydrogen (secondary N) is 1. The van der Waals surface area contributed by atoms with Crippen molar-refractivity contribution in [1.29, 1.82) is 0 Å². The zero-order valence-electron chi connectivity index (χ0n) is 7.86. The van der Waals surface area contributed by atoms with E-state index in [-0.39, 0.29) is 18.4 Å². The van der Waals surface area contributed by atoms with Gasteiger partial charge in [0.25, 0.3) is 5.92 Å². The number of halogens is 2. The molecule has 0 bridgehead atoms. The van der Waals surface area contributed by atoms with Crippen molar-refractivity contribution in [3.8, 4) is 0 Å². The van der Waals surface area contributed by atoms with Crippen LogP contribution in [0, 0.1) is 5.92 Å². The van der Waals surface area contributed by atoms with Gasteiger partial charge >= 0.3 is 0 Å². The molecular formula is C10H17F2N. The van der Waals surface area contributed by atoms with Gasteiger partial charge in [-0.15, -0.1) is 0 Å². The van der Waals surface area contributed by atoms with Crippen molar-refractivity contribution >= 4 is 0 Å².